The summed E-state index contributed by atoms with van der Waals surface area (Å²) in [5.74, 6) is 0. The highest BCUT2D eigenvalue weighted by Gasteiger charge is 2.50. The average Bonchev–Trinajstić information content (AvgIpc) is 2.89. The molecule has 2 aliphatic heterocycles. The summed E-state index contributed by atoms with van der Waals surface area (Å²) in [5.41, 5.74) is 3.29. The van der Waals surface area contributed by atoms with Crippen LogP contribution in [0.5, 0.6) is 0 Å². The van der Waals surface area contributed by atoms with Crippen LogP contribution in [0.1, 0.15) is 22.7 Å². The summed E-state index contributed by atoms with van der Waals surface area (Å²) < 4.78 is 19.1. The van der Waals surface area contributed by atoms with Gasteiger partial charge < -0.3 is 14.2 Å². The van der Waals surface area contributed by atoms with Gasteiger partial charge >= 0.3 is 6.09 Å². The largest absolute Gasteiger partial charge is 0.444 e. The van der Waals surface area contributed by atoms with Crippen molar-refractivity contribution in [2.75, 3.05) is 20.2 Å². The maximum atomic E-state index is 13.2. The zero-order chi connectivity index (χ0) is 24.2. The molecule has 2 unspecified atom stereocenters. The lowest BCUT2D eigenvalue weighted by molar-refractivity contribution is -0.241. The molecular weight excluding hydrogens is 508 g/mol. The van der Waals surface area contributed by atoms with Crippen molar-refractivity contribution in [3.05, 3.63) is 106 Å². The van der Waals surface area contributed by atoms with Gasteiger partial charge in [0.15, 0.2) is 6.23 Å². The van der Waals surface area contributed by atoms with Gasteiger partial charge in [-0.05, 0) is 22.8 Å². The molecule has 2 bridgehead atoms. The first-order chi connectivity index (χ1) is 17.1. The Balaban J connectivity index is 1.42. The van der Waals surface area contributed by atoms with E-state index in [4.69, 9.17) is 14.2 Å². The molecule has 2 saturated heterocycles. The molecular formula is C28H29BrN2O4. The van der Waals surface area contributed by atoms with Crippen molar-refractivity contribution in [3.63, 3.8) is 0 Å². The minimum atomic E-state index is -0.579. The number of carbonyl (C=O) groups excluding carboxylic acids is 1. The molecule has 0 N–H and O–H groups in total. The van der Waals surface area contributed by atoms with Gasteiger partial charge in [0.25, 0.3) is 0 Å². The third-order valence-corrected chi connectivity index (χ3v) is 7.34. The van der Waals surface area contributed by atoms with Gasteiger partial charge in [0.2, 0.25) is 0 Å². The van der Waals surface area contributed by atoms with Crippen LogP contribution >= 0.6 is 15.9 Å². The molecule has 5 rings (SSSR count). The van der Waals surface area contributed by atoms with E-state index in [0.29, 0.717) is 13.1 Å². The number of hydrogen-bond donors (Lipinski definition) is 0. The number of halogens is 1. The van der Waals surface area contributed by atoms with E-state index in [9.17, 15) is 4.79 Å². The summed E-state index contributed by atoms with van der Waals surface area (Å²) in [4.78, 5) is 17.3. The van der Waals surface area contributed by atoms with Crippen molar-refractivity contribution in [3.8, 4) is 0 Å². The predicted molar refractivity (Wildman–Crippen MR) is 137 cm³/mol. The highest BCUT2D eigenvalue weighted by molar-refractivity contribution is 9.10. The fourth-order valence-electron chi connectivity index (χ4n) is 5.06. The van der Waals surface area contributed by atoms with Crippen LogP contribution in [0.25, 0.3) is 0 Å². The molecule has 0 spiro atoms. The molecule has 2 heterocycles. The minimum Gasteiger partial charge on any atom is -0.444 e. The Morgan fingerprint density at radius 1 is 0.943 bits per heavy atom. The Bertz CT molecular complexity index is 1130. The molecule has 182 valence electrons. The molecule has 3 aromatic carbocycles. The Hall–Kier alpha value is -2.71. The van der Waals surface area contributed by atoms with E-state index >= 15 is 0 Å². The molecule has 6 nitrogen and oxygen atoms in total. The minimum absolute atomic E-state index is 0.114. The molecule has 35 heavy (non-hydrogen) atoms. The molecule has 0 saturated carbocycles. The number of nitrogens with zero attached hydrogens (tertiary/aromatic N) is 2. The van der Waals surface area contributed by atoms with Crippen LogP contribution in [0.3, 0.4) is 0 Å². The molecule has 2 fully saturated rings. The SMILES string of the molecule is CO[C@@H]1C2OC(CN(Cc3ccccc3)[C@@H]2c2ccccc2Br)CN1C(=O)OCc1ccccc1. The molecule has 0 aliphatic carbocycles. The van der Waals surface area contributed by atoms with E-state index in [0.717, 1.165) is 22.1 Å². The number of amides is 1. The Morgan fingerprint density at radius 3 is 2.29 bits per heavy atom. The zero-order valence-electron chi connectivity index (χ0n) is 19.6. The third kappa shape index (κ3) is 5.28. The lowest BCUT2D eigenvalue weighted by atomic mass is 9.92. The number of rotatable bonds is 6. The normalized spacial score (nSPS) is 24.2. The maximum Gasteiger partial charge on any atom is 0.412 e. The number of benzene rings is 3. The van der Waals surface area contributed by atoms with Crippen molar-refractivity contribution in [1.82, 2.24) is 9.80 Å². The van der Waals surface area contributed by atoms with Crippen LogP contribution < -0.4 is 0 Å². The maximum absolute atomic E-state index is 13.2. The number of ether oxygens (including phenoxy) is 3. The molecule has 7 heteroatoms. The van der Waals surface area contributed by atoms with Gasteiger partial charge in [-0.3, -0.25) is 9.80 Å². The van der Waals surface area contributed by atoms with Gasteiger partial charge in [-0.2, -0.15) is 0 Å². The van der Waals surface area contributed by atoms with E-state index in [1.807, 2.05) is 54.6 Å². The van der Waals surface area contributed by atoms with Crippen LogP contribution in [0.4, 0.5) is 4.79 Å². The molecule has 0 aromatic heterocycles. The van der Waals surface area contributed by atoms with Crippen LogP contribution in [-0.2, 0) is 27.4 Å². The van der Waals surface area contributed by atoms with E-state index in [-0.39, 0.29) is 30.9 Å². The third-order valence-electron chi connectivity index (χ3n) is 6.61. The lowest BCUT2D eigenvalue weighted by Crippen LogP contribution is -2.66. The Kier molecular flexibility index (Phi) is 7.48. The van der Waals surface area contributed by atoms with Crippen LogP contribution in [0.2, 0.25) is 0 Å². The lowest BCUT2D eigenvalue weighted by Gasteiger charge is -2.53. The van der Waals surface area contributed by atoms with Crippen molar-refractivity contribution in [2.24, 2.45) is 0 Å². The summed E-state index contributed by atoms with van der Waals surface area (Å²) >= 11 is 3.74. The molecule has 0 radical (unpaired) electrons. The van der Waals surface area contributed by atoms with Gasteiger partial charge in [-0.25, -0.2) is 4.79 Å². The summed E-state index contributed by atoms with van der Waals surface area (Å²) in [7, 11) is 1.62. The van der Waals surface area contributed by atoms with Gasteiger partial charge in [-0.1, -0.05) is 94.8 Å². The van der Waals surface area contributed by atoms with Gasteiger partial charge in [0.1, 0.15) is 12.7 Å². The number of methoxy groups -OCH3 is 1. The summed E-state index contributed by atoms with van der Waals surface area (Å²) in [5, 5.41) is 0. The summed E-state index contributed by atoms with van der Waals surface area (Å²) in [6.07, 6.45) is -1.48. The average molecular weight is 537 g/mol. The van der Waals surface area contributed by atoms with Crippen LogP contribution in [-0.4, -0.2) is 54.5 Å². The van der Waals surface area contributed by atoms with Crippen molar-refractivity contribution < 1.29 is 19.0 Å². The highest BCUT2D eigenvalue weighted by Crippen LogP contribution is 2.41. The van der Waals surface area contributed by atoms with E-state index in [2.05, 4.69) is 51.2 Å². The summed E-state index contributed by atoms with van der Waals surface area (Å²) in [6, 6.07) is 28.2. The van der Waals surface area contributed by atoms with Crippen molar-refractivity contribution >= 4 is 22.0 Å². The van der Waals surface area contributed by atoms with Crippen LogP contribution in [0.15, 0.2) is 89.4 Å². The zero-order valence-corrected chi connectivity index (χ0v) is 21.2. The van der Waals surface area contributed by atoms with E-state index in [1.165, 1.54) is 5.56 Å². The van der Waals surface area contributed by atoms with Crippen molar-refractivity contribution in [1.29, 1.82) is 0 Å². The first kappa shape index (κ1) is 24.0. The van der Waals surface area contributed by atoms with Gasteiger partial charge in [0, 0.05) is 24.7 Å². The standard InChI is InChI=1S/C28H29BrN2O4/c1-33-27-26-25(23-14-8-9-15-24(23)29)30(16-20-10-4-2-5-11-20)17-22(35-26)18-31(27)28(32)34-19-21-12-6-3-7-13-21/h2-15,22,25-27H,16-19H2,1H3/t22?,25-,26?,27-/m1/s1. The van der Waals surface area contributed by atoms with E-state index < -0.39 is 6.23 Å². The Labute approximate surface area is 214 Å². The van der Waals surface area contributed by atoms with Gasteiger partial charge in [-0.15, -0.1) is 0 Å². The second-order valence-electron chi connectivity index (χ2n) is 8.92. The fourth-order valence-corrected chi connectivity index (χ4v) is 5.58. The topological polar surface area (TPSA) is 51.2 Å². The number of fused-ring (bicyclic) bond motifs is 2. The highest BCUT2D eigenvalue weighted by atomic mass is 79.9. The summed E-state index contributed by atoms with van der Waals surface area (Å²) in [6.45, 7) is 2.10. The first-order valence-electron chi connectivity index (χ1n) is 11.8. The van der Waals surface area contributed by atoms with E-state index in [1.54, 1.807) is 12.0 Å². The molecule has 2 aliphatic rings. The quantitative estimate of drug-likeness (QED) is 0.423. The number of morpholine rings is 2. The number of carbonyl (C=O) groups is 1. The second kappa shape index (κ2) is 10.9. The Morgan fingerprint density at radius 2 is 1.60 bits per heavy atom. The smallest absolute Gasteiger partial charge is 0.412 e. The van der Waals surface area contributed by atoms with Gasteiger partial charge in [0.05, 0.1) is 18.7 Å². The monoisotopic (exact) mass is 536 g/mol. The van der Waals surface area contributed by atoms with Crippen LogP contribution in [0, 0.1) is 0 Å². The fraction of sp³-hybridized carbons (Fsp3) is 0.321. The molecule has 3 aromatic rings. The first-order valence-corrected chi connectivity index (χ1v) is 12.6. The second-order valence-corrected chi connectivity index (χ2v) is 9.78. The molecule has 4 atom stereocenters. The van der Waals surface area contributed by atoms with Crippen molar-refractivity contribution in [2.45, 2.75) is 37.6 Å². The molecule has 1 amide bonds. The number of hydrogen-bond acceptors (Lipinski definition) is 5. The predicted octanol–water partition coefficient (Wildman–Crippen LogP) is 5.38.